The minimum atomic E-state index is -0.120. The molecule has 0 aromatic carbocycles. The number of carbonyl (C=O) groups is 1. The number of carbonyl (C=O) groups excluding carboxylic acids is 1. The molecule has 2 rings (SSSR count). The highest BCUT2D eigenvalue weighted by molar-refractivity contribution is 5.77. The van der Waals surface area contributed by atoms with Gasteiger partial charge < -0.3 is 11.1 Å². The average molecular weight is 140 g/mol. The summed E-state index contributed by atoms with van der Waals surface area (Å²) in [6, 6.07) is 0. The molecule has 3 heteroatoms. The van der Waals surface area contributed by atoms with Crippen LogP contribution >= 0.6 is 0 Å². The Labute approximate surface area is 60.0 Å². The van der Waals surface area contributed by atoms with Crippen molar-refractivity contribution < 1.29 is 4.79 Å². The fraction of sp³-hybridized carbons (Fsp3) is 0.857. The molecule has 1 saturated heterocycles. The molecule has 0 aromatic heterocycles. The minimum absolute atomic E-state index is 0.120. The molecule has 0 aromatic rings. The van der Waals surface area contributed by atoms with Crippen molar-refractivity contribution in [3.63, 3.8) is 0 Å². The summed E-state index contributed by atoms with van der Waals surface area (Å²) in [5.41, 5.74) is 5.53. The van der Waals surface area contributed by atoms with Crippen molar-refractivity contribution >= 4 is 5.91 Å². The smallest absolute Gasteiger partial charge is 0.220 e. The van der Waals surface area contributed by atoms with Crippen molar-refractivity contribution in [2.45, 2.75) is 24.8 Å². The lowest BCUT2D eigenvalue weighted by Crippen LogP contribution is -2.22. The zero-order valence-corrected chi connectivity index (χ0v) is 5.89. The molecule has 1 aliphatic heterocycles. The Hall–Kier alpha value is -0.570. The molecule has 3 nitrogen and oxygen atoms in total. The van der Waals surface area contributed by atoms with Crippen LogP contribution in [-0.4, -0.2) is 18.0 Å². The lowest BCUT2D eigenvalue weighted by atomic mass is 10.1. The zero-order valence-electron chi connectivity index (χ0n) is 5.89. The highest BCUT2D eigenvalue weighted by Crippen LogP contribution is 2.40. The van der Waals surface area contributed by atoms with Gasteiger partial charge in [0.15, 0.2) is 0 Å². The summed E-state index contributed by atoms with van der Waals surface area (Å²) >= 11 is 0. The van der Waals surface area contributed by atoms with Crippen molar-refractivity contribution in [3.05, 3.63) is 0 Å². The number of nitrogens with one attached hydrogen (secondary N) is 1. The van der Waals surface area contributed by atoms with Gasteiger partial charge in [-0.2, -0.15) is 0 Å². The quantitative estimate of drug-likeness (QED) is 0.487. The molecule has 2 aliphatic rings. The molecule has 2 fully saturated rings. The van der Waals surface area contributed by atoms with Gasteiger partial charge in [0, 0.05) is 18.0 Å². The Morgan fingerprint density at radius 1 is 1.70 bits per heavy atom. The number of nitrogens with two attached hydrogens (primary N) is 1. The predicted molar refractivity (Wildman–Crippen MR) is 37.3 cm³/mol. The molecule has 0 radical (unpaired) electrons. The van der Waals surface area contributed by atoms with Crippen LogP contribution in [-0.2, 0) is 4.79 Å². The topological polar surface area (TPSA) is 65.0 Å². The number of hydrogen-bond donors (Lipinski definition) is 2. The Bertz CT molecular complexity index is 174. The van der Waals surface area contributed by atoms with Gasteiger partial charge in [0.1, 0.15) is 0 Å². The largest absolute Gasteiger partial charge is 0.369 e. The van der Waals surface area contributed by atoms with Crippen LogP contribution in [0.15, 0.2) is 0 Å². The second-order valence-electron chi connectivity index (χ2n) is 3.48. The van der Waals surface area contributed by atoms with Gasteiger partial charge in [0.25, 0.3) is 0 Å². The highest BCUT2D eigenvalue weighted by Gasteiger charge is 2.49. The van der Waals surface area contributed by atoms with Gasteiger partial charge in [0.05, 0.1) is 0 Å². The van der Waals surface area contributed by atoms with Gasteiger partial charge in [-0.1, -0.05) is 0 Å². The lowest BCUT2D eigenvalue weighted by Gasteiger charge is -2.02. The molecule has 0 bridgehead atoms. The fourth-order valence-corrected chi connectivity index (χ4v) is 1.82. The summed E-state index contributed by atoms with van der Waals surface area (Å²) in [5, 5.41) is 3.29. The molecule has 1 saturated carbocycles. The molecule has 1 amide bonds. The van der Waals surface area contributed by atoms with Gasteiger partial charge in [-0.15, -0.1) is 0 Å². The first-order valence-corrected chi connectivity index (χ1v) is 3.76. The van der Waals surface area contributed by atoms with Crippen LogP contribution in [0.1, 0.15) is 19.3 Å². The van der Waals surface area contributed by atoms with Gasteiger partial charge in [-0.25, -0.2) is 0 Å². The SMILES string of the molecule is NC(=O)C1CCC2(CN2)C1. The van der Waals surface area contributed by atoms with E-state index in [2.05, 4.69) is 5.32 Å². The van der Waals surface area contributed by atoms with Crippen LogP contribution in [0.3, 0.4) is 0 Å². The molecule has 1 aliphatic carbocycles. The first-order valence-electron chi connectivity index (χ1n) is 3.76. The fourth-order valence-electron chi connectivity index (χ4n) is 1.82. The van der Waals surface area contributed by atoms with Crippen LogP contribution in [0.25, 0.3) is 0 Å². The molecular weight excluding hydrogens is 128 g/mol. The Balaban J connectivity index is 1.99. The van der Waals surface area contributed by atoms with Gasteiger partial charge >= 0.3 is 0 Å². The van der Waals surface area contributed by atoms with E-state index in [4.69, 9.17) is 5.73 Å². The second kappa shape index (κ2) is 1.72. The van der Waals surface area contributed by atoms with E-state index in [1.807, 2.05) is 0 Å². The number of rotatable bonds is 1. The van der Waals surface area contributed by atoms with Crippen LogP contribution in [0.5, 0.6) is 0 Å². The zero-order chi connectivity index (χ0) is 7.19. The summed E-state index contributed by atoms with van der Waals surface area (Å²) in [4.78, 5) is 10.7. The summed E-state index contributed by atoms with van der Waals surface area (Å²) in [6.45, 7) is 1.09. The van der Waals surface area contributed by atoms with E-state index < -0.39 is 0 Å². The van der Waals surface area contributed by atoms with E-state index >= 15 is 0 Å². The molecule has 1 heterocycles. The summed E-state index contributed by atoms with van der Waals surface area (Å²) < 4.78 is 0. The summed E-state index contributed by atoms with van der Waals surface area (Å²) in [6.07, 6.45) is 3.10. The molecule has 1 spiro atoms. The maximum atomic E-state index is 10.7. The second-order valence-corrected chi connectivity index (χ2v) is 3.48. The number of hydrogen-bond acceptors (Lipinski definition) is 2. The predicted octanol–water partition coefficient (Wildman–Crippen LogP) is -0.386. The van der Waals surface area contributed by atoms with Crippen LogP contribution in [0.2, 0.25) is 0 Å². The van der Waals surface area contributed by atoms with Gasteiger partial charge in [-0.3, -0.25) is 4.79 Å². The Morgan fingerprint density at radius 3 is 2.70 bits per heavy atom. The van der Waals surface area contributed by atoms with Crippen LogP contribution in [0, 0.1) is 5.92 Å². The Morgan fingerprint density at radius 2 is 2.40 bits per heavy atom. The first-order chi connectivity index (χ1) is 4.72. The molecular formula is C7H12N2O. The van der Waals surface area contributed by atoms with E-state index in [9.17, 15) is 4.79 Å². The van der Waals surface area contributed by atoms with Crippen molar-refractivity contribution in [2.75, 3.05) is 6.54 Å². The average Bonchev–Trinajstić information content (AvgIpc) is 2.41. The minimum Gasteiger partial charge on any atom is -0.369 e. The molecule has 10 heavy (non-hydrogen) atoms. The van der Waals surface area contributed by atoms with Gasteiger partial charge in [-0.05, 0) is 19.3 Å². The molecule has 3 N–H and O–H groups in total. The summed E-state index contributed by atoms with van der Waals surface area (Å²) in [7, 11) is 0. The lowest BCUT2D eigenvalue weighted by molar-refractivity contribution is -0.121. The number of primary amides is 1. The van der Waals surface area contributed by atoms with Gasteiger partial charge in [0.2, 0.25) is 5.91 Å². The summed E-state index contributed by atoms with van der Waals surface area (Å²) in [5.74, 6) is 0.0283. The maximum absolute atomic E-state index is 10.7. The first kappa shape index (κ1) is 6.16. The van der Waals surface area contributed by atoms with E-state index in [-0.39, 0.29) is 11.8 Å². The normalized spacial score (nSPS) is 44.2. The van der Waals surface area contributed by atoms with E-state index in [0.717, 1.165) is 25.8 Å². The van der Waals surface area contributed by atoms with Crippen molar-refractivity contribution in [2.24, 2.45) is 11.7 Å². The van der Waals surface area contributed by atoms with Crippen molar-refractivity contribution in [3.8, 4) is 0 Å². The van der Waals surface area contributed by atoms with Crippen molar-refractivity contribution in [1.82, 2.24) is 5.32 Å². The third-order valence-electron chi connectivity index (χ3n) is 2.69. The monoisotopic (exact) mass is 140 g/mol. The third-order valence-corrected chi connectivity index (χ3v) is 2.69. The van der Waals surface area contributed by atoms with E-state index in [1.54, 1.807) is 0 Å². The van der Waals surface area contributed by atoms with E-state index in [0.29, 0.717) is 5.54 Å². The standard InChI is InChI=1S/C7H12N2O/c8-6(10)5-1-2-7(3-5)4-9-7/h5,9H,1-4H2,(H2,8,10). The molecule has 56 valence electrons. The van der Waals surface area contributed by atoms with Crippen molar-refractivity contribution in [1.29, 1.82) is 0 Å². The molecule has 2 unspecified atom stereocenters. The van der Waals surface area contributed by atoms with E-state index in [1.165, 1.54) is 0 Å². The highest BCUT2D eigenvalue weighted by atomic mass is 16.1. The Kier molecular flexibility index (Phi) is 1.06. The molecule has 2 atom stereocenters. The maximum Gasteiger partial charge on any atom is 0.220 e. The van der Waals surface area contributed by atoms with Crippen LogP contribution < -0.4 is 11.1 Å². The third kappa shape index (κ3) is 0.814. The number of amides is 1. The van der Waals surface area contributed by atoms with Crippen LogP contribution in [0.4, 0.5) is 0 Å².